The zero-order valence-corrected chi connectivity index (χ0v) is 14.4. The van der Waals surface area contributed by atoms with Gasteiger partial charge in [-0.25, -0.2) is 0 Å². The first-order valence-electron chi connectivity index (χ1n) is 8.05. The first-order valence-corrected chi connectivity index (χ1v) is 8.43. The number of halogens is 1. The Morgan fingerprint density at radius 3 is 2.92 bits per heavy atom. The molecule has 126 valence electrons. The van der Waals surface area contributed by atoms with Gasteiger partial charge >= 0.3 is 0 Å². The second kappa shape index (κ2) is 7.53. The third-order valence-corrected chi connectivity index (χ3v) is 4.45. The molecule has 1 saturated heterocycles. The number of aryl methyl sites for hydroxylation is 1. The highest BCUT2D eigenvalue weighted by Gasteiger charge is 2.22. The number of nitrogens with zero attached hydrogens (tertiary/aromatic N) is 3. The maximum Gasteiger partial charge on any atom is 0.244 e. The van der Waals surface area contributed by atoms with E-state index in [0.717, 1.165) is 30.1 Å². The second-order valence-electron chi connectivity index (χ2n) is 6.10. The fourth-order valence-electron chi connectivity index (χ4n) is 2.89. The molecule has 3 rings (SSSR count). The molecule has 6 heteroatoms. The molecule has 2 aromatic rings. The number of rotatable bonds is 5. The Bertz CT molecular complexity index is 723. The lowest BCUT2D eigenvalue weighted by atomic mass is 10.1. The van der Waals surface area contributed by atoms with Gasteiger partial charge in [0.1, 0.15) is 0 Å². The van der Waals surface area contributed by atoms with Crippen molar-refractivity contribution in [2.75, 3.05) is 24.5 Å². The van der Waals surface area contributed by atoms with E-state index < -0.39 is 0 Å². The van der Waals surface area contributed by atoms with Crippen molar-refractivity contribution in [3.8, 4) is 0 Å². The van der Waals surface area contributed by atoms with Crippen LogP contribution in [-0.2, 0) is 11.8 Å². The van der Waals surface area contributed by atoms with Crippen LogP contribution in [0.4, 0.5) is 5.69 Å². The van der Waals surface area contributed by atoms with Crippen LogP contribution in [0.15, 0.2) is 42.7 Å². The van der Waals surface area contributed by atoms with Gasteiger partial charge in [-0.15, -0.1) is 0 Å². The summed E-state index contributed by atoms with van der Waals surface area (Å²) < 4.78 is 1.71. The van der Waals surface area contributed by atoms with Gasteiger partial charge in [0, 0.05) is 55.2 Å². The fourth-order valence-corrected chi connectivity index (χ4v) is 3.01. The maximum absolute atomic E-state index is 11.9. The molecule has 24 heavy (non-hydrogen) atoms. The van der Waals surface area contributed by atoms with Crippen LogP contribution in [-0.4, -0.2) is 35.3 Å². The summed E-state index contributed by atoms with van der Waals surface area (Å²) in [7, 11) is 1.85. The molecule has 0 spiro atoms. The lowest BCUT2D eigenvalue weighted by Crippen LogP contribution is -2.29. The Labute approximate surface area is 146 Å². The van der Waals surface area contributed by atoms with Crippen molar-refractivity contribution in [1.29, 1.82) is 0 Å². The van der Waals surface area contributed by atoms with Gasteiger partial charge in [-0.2, -0.15) is 5.10 Å². The van der Waals surface area contributed by atoms with E-state index >= 15 is 0 Å². The Kier molecular flexibility index (Phi) is 5.20. The van der Waals surface area contributed by atoms with Crippen LogP contribution >= 0.6 is 11.6 Å². The van der Waals surface area contributed by atoms with E-state index in [0.29, 0.717) is 12.5 Å². The van der Waals surface area contributed by atoms with Crippen LogP contribution in [0.3, 0.4) is 0 Å². The van der Waals surface area contributed by atoms with E-state index in [1.807, 2.05) is 37.5 Å². The van der Waals surface area contributed by atoms with Gasteiger partial charge in [0.25, 0.3) is 0 Å². The Balaban J connectivity index is 1.45. The lowest BCUT2D eigenvalue weighted by Gasteiger charge is -2.18. The molecule has 0 aliphatic carbocycles. The predicted molar refractivity (Wildman–Crippen MR) is 97.0 cm³/mol. The van der Waals surface area contributed by atoms with Crippen LogP contribution < -0.4 is 10.2 Å². The highest BCUT2D eigenvalue weighted by molar-refractivity contribution is 6.30. The first-order chi connectivity index (χ1) is 11.6. The molecule has 5 nitrogen and oxygen atoms in total. The van der Waals surface area contributed by atoms with Crippen molar-refractivity contribution in [3.63, 3.8) is 0 Å². The van der Waals surface area contributed by atoms with Gasteiger partial charge < -0.3 is 10.2 Å². The van der Waals surface area contributed by atoms with Gasteiger partial charge in [0.05, 0.1) is 6.20 Å². The van der Waals surface area contributed by atoms with Crippen LogP contribution in [0, 0.1) is 5.92 Å². The summed E-state index contributed by atoms with van der Waals surface area (Å²) in [5.41, 5.74) is 2.10. The number of amides is 1. The first kappa shape index (κ1) is 16.6. The number of carbonyl (C=O) groups is 1. The topological polar surface area (TPSA) is 50.2 Å². The minimum absolute atomic E-state index is 0.0659. The SMILES string of the molecule is Cn1cc(/C=C\C(=O)NC[C@H]2CCN(c3ccc(Cl)cc3)C2)cn1. The molecule has 1 fully saturated rings. The van der Waals surface area contributed by atoms with Crippen LogP contribution in [0.25, 0.3) is 6.08 Å². The number of hydrogen-bond donors (Lipinski definition) is 1. The zero-order valence-electron chi connectivity index (χ0n) is 13.7. The van der Waals surface area contributed by atoms with E-state index in [9.17, 15) is 4.79 Å². The number of benzene rings is 1. The molecule has 0 saturated carbocycles. The quantitative estimate of drug-likeness (QED) is 0.848. The molecule has 1 aromatic heterocycles. The minimum atomic E-state index is -0.0659. The predicted octanol–water partition coefficient (Wildman–Crippen LogP) is 2.73. The van der Waals surface area contributed by atoms with Crippen LogP contribution in [0.5, 0.6) is 0 Å². The van der Waals surface area contributed by atoms with E-state index in [-0.39, 0.29) is 5.91 Å². The standard InChI is InChI=1S/C18H21ClN4O/c1-22-12-14(11-21-22)2-7-18(24)20-10-15-8-9-23(13-15)17-5-3-16(19)4-6-17/h2-7,11-12,15H,8-10,13H2,1H3,(H,20,24)/b7-2-/t15-/m1/s1. The van der Waals surface area contributed by atoms with Crippen molar-refractivity contribution in [3.05, 3.63) is 53.3 Å². The molecule has 0 radical (unpaired) electrons. The number of carbonyl (C=O) groups excluding carboxylic acids is 1. The Hall–Kier alpha value is -2.27. The Morgan fingerprint density at radius 2 is 2.21 bits per heavy atom. The molecular weight excluding hydrogens is 324 g/mol. The van der Waals surface area contributed by atoms with Crippen molar-refractivity contribution in [1.82, 2.24) is 15.1 Å². The van der Waals surface area contributed by atoms with Gasteiger partial charge in [0.2, 0.25) is 5.91 Å². The highest BCUT2D eigenvalue weighted by Crippen LogP contribution is 2.24. The van der Waals surface area contributed by atoms with Crippen molar-refractivity contribution in [2.45, 2.75) is 6.42 Å². The van der Waals surface area contributed by atoms with Crippen molar-refractivity contribution >= 4 is 29.3 Å². The molecule has 1 N–H and O–H groups in total. The summed E-state index contributed by atoms with van der Waals surface area (Å²) >= 11 is 5.93. The number of aromatic nitrogens is 2. The second-order valence-corrected chi connectivity index (χ2v) is 6.54. The zero-order chi connectivity index (χ0) is 16.9. The van der Waals surface area contributed by atoms with Gasteiger partial charge in [0.15, 0.2) is 0 Å². The third kappa shape index (κ3) is 4.38. The maximum atomic E-state index is 11.9. The molecule has 2 heterocycles. The van der Waals surface area contributed by atoms with Gasteiger partial charge in [-0.3, -0.25) is 9.48 Å². The van der Waals surface area contributed by atoms with Crippen LogP contribution in [0.1, 0.15) is 12.0 Å². The number of anilines is 1. The van der Waals surface area contributed by atoms with Gasteiger partial charge in [-0.1, -0.05) is 11.6 Å². The average molecular weight is 345 g/mol. The molecular formula is C18H21ClN4O. The van der Waals surface area contributed by atoms with E-state index in [1.54, 1.807) is 23.0 Å². The summed E-state index contributed by atoms with van der Waals surface area (Å²) in [4.78, 5) is 14.2. The lowest BCUT2D eigenvalue weighted by molar-refractivity contribution is -0.116. The van der Waals surface area contributed by atoms with Crippen molar-refractivity contribution < 1.29 is 4.79 Å². The normalized spacial score (nSPS) is 17.6. The summed E-state index contributed by atoms with van der Waals surface area (Å²) in [6.45, 7) is 2.65. The van der Waals surface area contributed by atoms with E-state index in [2.05, 4.69) is 15.3 Å². The molecule has 1 atom stereocenters. The summed E-state index contributed by atoms with van der Waals surface area (Å²) in [6, 6.07) is 7.91. The molecule has 1 aliphatic heterocycles. The average Bonchev–Trinajstić information content (AvgIpc) is 3.21. The van der Waals surface area contributed by atoms with Crippen LogP contribution in [0.2, 0.25) is 5.02 Å². The fraction of sp³-hybridized carbons (Fsp3) is 0.333. The molecule has 1 aliphatic rings. The van der Waals surface area contributed by atoms with Gasteiger partial charge in [-0.05, 0) is 42.7 Å². The highest BCUT2D eigenvalue weighted by atomic mass is 35.5. The number of nitrogens with one attached hydrogen (secondary N) is 1. The summed E-state index contributed by atoms with van der Waals surface area (Å²) in [5.74, 6) is 0.403. The largest absolute Gasteiger partial charge is 0.371 e. The molecule has 0 unspecified atom stereocenters. The minimum Gasteiger partial charge on any atom is -0.371 e. The molecule has 1 aromatic carbocycles. The molecule has 0 bridgehead atoms. The van der Waals surface area contributed by atoms with E-state index in [1.165, 1.54) is 5.69 Å². The summed E-state index contributed by atoms with van der Waals surface area (Å²) in [5, 5.41) is 7.80. The Morgan fingerprint density at radius 1 is 1.42 bits per heavy atom. The summed E-state index contributed by atoms with van der Waals surface area (Å²) in [6.07, 6.45) is 8.00. The number of hydrogen-bond acceptors (Lipinski definition) is 3. The molecule has 1 amide bonds. The monoisotopic (exact) mass is 344 g/mol. The van der Waals surface area contributed by atoms with E-state index in [4.69, 9.17) is 11.6 Å². The van der Waals surface area contributed by atoms with Crippen molar-refractivity contribution in [2.24, 2.45) is 13.0 Å². The third-order valence-electron chi connectivity index (χ3n) is 4.19. The smallest absolute Gasteiger partial charge is 0.244 e.